The molecule has 0 aliphatic carbocycles. The van der Waals surface area contributed by atoms with E-state index in [-0.39, 0.29) is 38.6 Å². The predicted molar refractivity (Wildman–Crippen MR) is 278 cm³/mol. The number of carboxylic acid groups (broad SMARTS) is 1. The van der Waals surface area contributed by atoms with Gasteiger partial charge >= 0.3 is 11.9 Å². The highest BCUT2D eigenvalue weighted by molar-refractivity contribution is 5.71. The molecule has 0 N–H and O–H groups in total. The first kappa shape index (κ1) is 63.0. The maximum absolute atomic E-state index is 12.7. The van der Waals surface area contributed by atoms with Crippen LogP contribution in [0.25, 0.3) is 0 Å². The Balaban J connectivity index is 4.32. The minimum absolute atomic E-state index is 0.0104. The number of esters is 2. The van der Waals surface area contributed by atoms with Crippen molar-refractivity contribution in [3.8, 4) is 0 Å². The van der Waals surface area contributed by atoms with Gasteiger partial charge in [0.25, 0.3) is 0 Å². The van der Waals surface area contributed by atoms with Crippen molar-refractivity contribution in [1.29, 1.82) is 0 Å². The Kier molecular flexibility index (Phi) is 45.5. The highest BCUT2D eigenvalue weighted by Crippen LogP contribution is 2.15. The Bertz CT molecular complexity index is 1460. The molecule has 0 heterocycles. The fourth-order valence-corrected chi connectivity index (χ4v) is 6.60. The summed E-state index contributed by atoms with van der Waals surface area (Å²) in [6.45, 7) is 4.38. The molecular formula is C58H95NO8. The molecule has 9 nitrogen and oxygen atoms in total. The largest absolute Gasteiger partial charge is 0.545 e. The van der Waals surface area contributed by atoms with Gasteiger partial charge in [-0.05, 0) is 77.0 Å². The molecule has 0 rings (SSSR count). The standard InChI is InChI=1S/C58H95NO8/c1-6-8-10-12-14-16-18-20-22-23-24-25-26-27-28-29-30-31-32-33-35-36-38-40-42-44-46-48-55(60)65-52-54(53-66-58(57(62)63)64-51-50-59(3,4)5)67-56(61)49-47-45-43-41-39-37-34-21-19-17-15-13-11-9-7-2/h8-11,14-17,20-22,24-25,34,39,41,45,47,54,58H,6-7,12-13,18-19,23,26-33,35-38,40,42-44,46,48-53H2,1-5H3/b10-8-,11-9-,16-14-,17-15-,22-20-,25-24-,34-21-,41-39-,47-45-. The van der Waals surface area contributed by atoms with E-state index in [1.54, 1.807) is 6.08 Å². The van der Waals surface area contributed by atoms with Gasteiger partial charge in [0.1, 0.15) is 13.2 Å². The van der Waals surface area contributed by atoms with Gasteiger partial charge in [0.05, 0.1) is 46.7 Å². The number of allylic oxidation sites excluding steroid dienone is 17. The number of ether oxygens (including phenoxy) is 4. The molecule has 380 valence electrons. The maximum Gasteiger partial charge on any atom is 0.310 e. The lowest BCUT2D eigenvalue weighted by Crippen LogP contribution is -2.44. The molecule has 0 amide bonds. The highest BCUT2D eigenvalue weighted by Gasteiger charge is 2.21. The van der Waals surface area contributed by atoms with Gasteiger partial charge in [0.15, 0.2) is 12.4 Å². The summed E-state index contributed by atoms with van der Waals surface area (Å²) in [7, 11) is 5.88. The third kappa shape index (κ3) is 49.7. The average Bonchev–Trinajstić information content (AvgIpc) is 3.29. The van der Waals surface area contributed by atoms with Gasteiger partial charge in [-0.1, -0.05) is 200 Å². The molecule has 9 heteroatoms. The molecule has 0 fully saturated rings. The van der Waals surface area contributed by atoms with E-state index in [9.17, 15) is 19.5 Å². The summed E-state index contributed by atoms with van der Waals surface area (Å²) in [6, 6.07) is 0. The number of unbranched alkanes of at least 4 members (excludes halogenated alkanes) is 14. The van der Waals surface area contributed by atoms with Crippen LogP contribution in [0.1, 0.15) is 181 Å². The van der Waals surface area contributed by atoms with E-state index in [2.05, 4.69) is 105 Å². The molecule has 0 aliphatic heterocycles. The lowest BCUT2D eigenvalue weighted by atomic mass is 10.0. The van der Waals surface area contributed by atoms with Gasteiger partial charge in [-0.15, -0.1) is 0 Å². The molecule has 0 saturated carbocycles. The van der Waals surface area contributed by atoms with Crippen molar-refractivity contribution in [3.05, 3.63) is 109 Å². The van der Waals surface area contributed by atoms with Gasteiger partial charge in [-0.2, -0.15) is 0 Å². The molecule has 0 aliphatic rings. The van der Waals surface area contributed by atoms with Gasteiger partial charge < -0.3 is 33.3 Å². The molecular weight excluding hydrogens is 839 g/mol. The number of hydrogen-bond acceptors (Lipinski definition) is 8. The summed E-state index contributed by atoms with van der Waals surface area (Å²) in [6.07, 6.45) is 63.1. The molecule has 0 aromatic carbocycles. The zero-order valence-corrected chi connectivity index (χ0v) is 43.0. The topological polar surface area (TPSA) is 111 Å². The van der Waals surface area contributed by atoms with Crippen molar-refractivity contribution in [1.82, 2.24) is 0 Å². The highest BCUT2D eigenvalue weighted by atomic mass is 16.7. The number of aliphatic carboxylic acids is 1. The predicted octanol–water partition coefficient (Wildman–Crippen LogP) is 13.4. The van der Waals surface area contributed by atoms with Gasteiger partial charge in [-0.25, -0.2) is 0 Å². The second kappa shape index (κ2) is 48.4. The first-order chi connectivity index (χ1) is 32.6. The quantitative estimate of drug-likeness (QED) is 0.0195. The van der Waals surface area contributed by atoms with Crippen molar-refractivity contribution in [3.63, 3.8) is 0 Å². The summed E-state index contributed by atoms with van der Waals surface area (Å²) in [5, 5.41) is 11.7. The fourth-order valence-electron chi connectivity index (χ4n) is 6.60. The number of likely N-dealkylation sites (N-methyl/N-ethyl adjacent to an activating group) is 1. The van der Waals surface area contributed by atoms with Crippen molar-refractivity contribution < 1.29 is 42.9 Å². The molecule has 2 atom stereocenters. The Morgan fingerprint density at radius 1 is 0.463 bits per heavy atom. The van der Waals surface area contributed by atoms with Crippen molar-refractivity contribution >= 4 is 17.9 Å². The van der Waals surface area contributed by atoms with Gasteiger partial charge in [0, 0.05) is 6.42 Å². The smallest absolute Gasteiger partial charge is 0.310 e. The van der Waals surface area contributed by atoms with Crippen molar-refractivity contribution in [2.24, 2.45) is 0 Å². The first-order valence-corrected chi connectivity index (χ1v) is 26.0. The Hall–Kier alpha value is -4.05. The lowest BCUT2D eigenvalue weighted by Gasteiger charge is -2.26. The second-order valence-corrected chi connectivity index (χ2v) is 18.1. The van der Waals surface area contributed by atoms with Crippen molar-refractivity contribution in [2.45, 2.75) is 193 Å². The summed E-state index contributed by atoms with van der Waals surface area (Å²) in [4.78, 5) is 37.1. The van der Waals surface area contributed by atoms with Crippen LogP contribution >= 0.6 is 0 Å². The van der Waals surface area contributed by atoms with E-state index in [0.717, 1.165) is 77.0 Å². The number of quaternary nitrogens is 1. The monoisotopic (exact) mass is 934 g/mol. The first-order valence-electron chi connectivity index (χ1n) is 26.0. The summed E-state index contributed by atoms with van der Waals surface area (Å²) < 4.78 is 22.5. The van der Waals surface area contributed by atoms with Crippen LogP contribution in [0.5, 0.6) is 0 Å². The minimum Gasteiger partial charge on any atom is -0.545 e. The summed E-state index contributed by atoms with van der Waals surface area (Å²) in [5.41, 5.74) is 0. The number of hydrogen-bond donors (Lipinski definition) is 0. The normalized spacial score (nSPS) is 13.7. The molecule has 2 unspecified atom stereocenters. The number of carbonyl (C=O) groups excluding carboxylic acids is 3. The molecule has 67 heavy (non-hydrogen) atoms. The molecule has 0 radical (unpaired) electrons. The van der Waals surface area contributed by atoms with E-state index in [1.807, 2.05) is 33.3 Å². The second-order valence-electron chi connectivity index (χ2n) is 18.1. The number of rotatable bonds is 46. The molecule has 0 aromatic heterocycles. The fraction of sp³-hybridized carbons (Fsp3) is 0.638. The van der Waals surface area contributed by atoms with Crippen molar-refractivity contribution in [2.75, 3.05) is 47.5 Å². The van der Waals surface area contributed by atoms with E-state index in [1.165, 1.54) is 70.6 Å². The lowest BCUT2D eigenvalue weighted by molar-refractivity contribution is -0.870. The van der Waals surface area contributed by atoms with Gasteiger partial charge in [-0.3, -0.25) is 9.59 Å². The van der Waals surface area contributed by atoms with E-state index in [0.29, 0.717) is 17.4 Å². The van der Waals surface area contributed by atoms with E-state index in [4.69, 9.17) is 18.9 Å². The summed E-state index contributed by atoms with van der Waals surface area (Å²) in [5.74, 6) is -2.46. The average molecular weight is 934 g/mol. The van der Waals surface area contributed by atoms with Crippen LogP contribution in [0.15, 0.2) is 109 Å². The van der Waals surface area contributed by atoms with Crippen LogP contribution in [0, 0.1) is 0 Å². The van der Waals surface area contributed by atoms with Crippen LogP contribution in [0.3, 0.4) is 0 Å². The van der Waals surface area contributed by atoms with E-state index < -0.39 is 24.3 Å². The van der Waals surface area contributed by atoms with Crippen LogP contribution in [0.2, 0.25) is 0 Å². The van der Waals surface area contributed by atoms with Gasteiger partial charge in [0.2, 0.25) is 0 Å². The molecule has 0 aromatic rings. The van der Waals surface area contributed by atoms with Crippen LogP contribution in [0.4, 0.5) is 0 Å². The Morgan fingerprint density at radius 3 is 1.27 bits per heavy atom. The SMILES string of the molecule is CC/C=C\C/C=C\C/C=C\C/C=C\C/C=C\CC(=O)OC(COC(=O)CCCCCCCCCCCCCCCC/C=C\C/C=C\C/C=C\C/C=C\CC)COC(OCC[N+](C)(C)C)C(=O)[O-]. The van der Waals surface area contributed by atoms with Crippen LogP contribution in [-0.2, 0) is 33.3 Å². The zero-order chi connectivity index (χ0) is 49.2. The third-order valence-electron chi connectivity index (χ3n) is 10.5. The molecule has 0 spiro atoms. The number of carboxylic acids is 1. The Labute approximate surface area is 409 Å². The number of carbonyl (C=O) groups is 3. The zero-order valence-electron chi connectivity index (χ0n) is 43.0. The summed E-state index contributed by atoms with van der Waals surface area (Å²) >= 11 is 0. The Morgan fingerprint density at radius 2 is 0.851 bits per heavy atom. The van der Waals surface area contributed by atoms with Crippen LogP contribution < -0.4 is 5.11 Å². The number of nitrogens with zero attached hydrogens (tertiary/aromatic N) is 1. The van der Waals surface area contributed by atoms with E-state index >= 15 is 0 Å². The maximum atomic E-state index is 12.7. The molecule has 0 bridgehead atoms. The molecule has 0 saturated heterocycles. The van der Waals surface area contributed by atoms with Crippen LogP contribution in [-0.4, -0.2) is 82.3 Å². The third-order valence-corrected chi connectivity index (χ3v) is 10.5. The minimum atomic E-state index is -1.65.